The number of hydrogen-bond acceptors (Lipinski definition) is 7. The van der Waals surface area contributed by atoms with Crippen molar-refractivity contribution in [3.63, 3.8) is 0 Å². The number of alkyl halides is 2. The molecular weight excluding hydrogens is 417 g/mol. The molecule has 0 unspecified atom stereocenters. The highest BCUT2D eigenvalue weighted by Gasteiger charge is 2.18. The van der Waals surface area contributed by atoms with Crippen LogP contribution in [0.1, 0.15) is 16.2 Å². The SMILES string of the molecule is COc1cc(-c2noc(COC(=O)c3cc(Cl)ccc3F)n2)ccc1OC(F)F. The maximum absolute atomic E-state index is 13.7. The molecule has 1 aromatic heterocycles. The Labute approximate surface area is 166 Å². The fraction of sp³-hybridized carbons (Fsp3) is 0.167. The zero-order valence-electron chi connectivity index (χ0n) is 14.7. The van der Waals surface area contributed by atoms with Crippen molar-refractivity contribution in [3.8, 4) is 22.9 Å². The van der Waals surface area contributed by atoms with E-state index >= 15 is 0 Å². The fourth-order valence-electron chi connectivity index (χ4n) is 2.29. The van der Waals surface area contributed by atoms with Gasteiger partial charge in [-0.1, -0.05) is 16.8 Å². The molecule has 0 spiro atoms. The van der Waals surface area contributed by atoms with Gasteiger partial charge >= 0.3 is 12.6 Å². The molecule has 0 aliphatic heterocycles. The van der Waals surface area contributed by atoms with Gasteiger partial charge in [0.2, 0.25) is 5.82 Å². The molecule has 0 amide bonds. The molecule has 2 aromatic carbocycles. The van der Waals surface area contributed by atoms with Crippen molar-refractivity contribution in [1.29, 1.82) is 0 Å². The van der Waals surface area contributed by atoms with E-state index in [9.17, 15) is 18.0 Å². The molecule has 0 saturated carbocycles. The highest BCUT2D eigenvalue weighted by atomic mass is 35.5. The van der Waals surface area contributed by atoms with Crippen LogP contribution < -0.4 is 9.47 Å². The molecule has 1 heterocycles. The molecule has 3 aromatic rings. The molecule has 152 valence electrons. The summed E-state index contributed by atoms with van der Waals surface area (Å²) in [6, 6.07) is 7.52. The lowest BCUT2D eigenvalue weighted by atomic mass is 10.2. The minimum atomic E-state index is -3.01. The quantitative estimate of drug-likeness (QED) is 0.512. The molecule has 29 heavy (non-hydrogen) atoms. The standard InChI is InChI=1S/C18H12ClF3N2O5/c1-26-14-6-9(2-5-13(14)28-18(21)22)16-23-15(29-24-16)8-27-17(25)11-7-10(19)3-4-12(11)20/h2-7,18H,8H2,1H3. The zero-order chi connectivity index (χ0) is 21.0. The minimum Gasteiger partial charge on any atom is -0.493 e. The van der Waals surface area contributed by atoms with Gasteiger partial charge in [-0.25, -0.2) is 9.18 Å². The summed E-state index contributed by atoms with van der Waals surface area (Å²) in [7, 11) is 1.29. The van der Waals surface area contributed by atoms with Crippen LogP contribution in [0.3, 0.4) is 0 Å². The molecule has 0 bridgehead atoms. The Kier molecular flexibility index (Phi) is 6.23. The van der Waals surface area contributed by atoms with Gasteiger partial charge < -0.3 is 18.7 Å². The topological polar surface area (TPSA) is 83.7 Å². The molecule has 11 heteroatoms. The minimum absolute atomic E-state index is 0.0389. The van der Waals surface area contributed by atoms with E-state index in [1.165, 1.54) is 31.4 Å². The van der Waals surface area contributed by atoms with Gasteiger partial charge in [-0.15, -0.1) is 0 Å². The van der Waals surface area contributed by atoms with E-state index in [1.54, 1.807) is 0 Å². The first-order valence-corrected chi connectivity index (χ1v) is 8.33. The Morgan fingerprint density at radius 1 is 1.21 bits per heavy atom. The number of ether oxygens (including phenoxy) is 3. The Hall–Kier alpha value is -3.27. The van der Waals surface area contributed by atoms with Crippen molar-refractivity contribution in [3.05, 3.63) is 58.7 Å². The molecule has 0 aliphatic carbocycles. The van der Waals surface area contributed by atoms with Gasteiger partial charge in [0.05, 0.1) is 12.7 Å². The number of carbonyl (C=O) groups excluding carboxylic acids is 1. The second kappa shape index (κ2) is 8.82. The van der Waals surface area contributed by atoms with Crippen molar-refractivity contribution < 1.29 is 36.7 Å². The van der Waals surface area contributed by atoms with Gasteiger partial charge in [0, 0.05) is 10.6 Å². The van der Waals surface area contributed by atoms with E-state index in [0.717, 1.165) is 12.1 Å². The predicted molar refractivity (Wildman–Crippen MR) is 93.4 cm³/mol. The van der Waals surface area contributed by atoms with E-state index in [-0.39, 0.29) is 33.8 Å². The molecular formula is C18H12ClF3N2O5. The van der Waals surface area contributed by atoms with Gasteiger partial charge in [0.15, 0.2) is 18.1 Å². The van der Waals surface area contributed by atoms with Crippen LogP contribution in [0.15, 0.2) is 40.9 Å². The first kappa shape index (κ1) is 20.5. The summed E-state index contributed by atoms with van der Waals surface area (Å²) in [5.74, 6) is -1.84. The lowest BCUT2D eigenvalue weighted by Gasteiger charge is -2.10. The van der Waals surface area contributed by atoms with E-state index in [2.05, 4.69) is 14.9 Å². The molecule has 3 rings (SSSR count). The van der Waals surface area contributed by atoms with Gasteiger partial charge in [-0.2, -0.15) is 13.8 Å². The first-order chi connectivity index (χ1) is 13.9. The van der Waals surface area contributed by atoms with Crippen LogP contribution in [0.5, 0.6) is 11.5 Å². The van der Waals surface area contributed by atoms with Crippen LogP contribution in [-0.2, 0) is 11.3 Å². The molecule has 0 saturated heterocycles. The number of methoxy groups -OCH3 is 1. The van der Waals surface area contributed by atoms with Gasteiger partial charge in [-0.05, 0) is 36.4 Å². The maximum Gasteiger partial charge on any atom is 0.387 e. The van der Waals surface area contributed by atoms with E-state index in [0.29, 0.717) is 5.56 Å². The summed E-state index contributed by atoms with van der Waals surface area (Å²) in [5, 5.41) is 3.89. The second-order valence-electron chi connectivity index (χ2n) is 5.46. The van der Waals surface area contributed by atoms with Crippen LogP contribution in [0.4, 0.5) is 13.2 Å². The monoisotopic (exact) mass is 428 g/mol. The summed E-state index contributed by atoms with van der Waals surface area (Å²) >= 11 is 5.74. The average Bonchev–Trinajstić information content (AvgIpc) is 3.17. The summed E-state index contributed by atoms with van der Waals surface area (Å²) < 4.78 is 57.7. The summed E-state index contributed by atoms with van der Waals surface area (Å²) in [4.78, 5) is 16.0. The van der Waals surface area contributed by atoms with Crippen molar-refractivity contribution in [2.45, 2.75) is 13.2 Å². The number of esters is 1. The summed E-state index contributed by atoms with van der Waals surface area (Å²) in [6.07, 6.45) is 0. The third-order valence-electron chi connectivity index (χ3n) is 3.58. The Morgan fingerprint density at radius 2 is 2.00 bits per heavy atom. The molecule has 7 nitrogen and oxygen atoms in total. The van der Waals surface area contributed by atoms with Crippen LogP contribution in [0, 0.1) is 5.82 Å². The third kappa shape index (κ3) is 4.96. The average molecular weight is 429 g/mol. The Balaban J connectivity index is 1.71. The largest absolute Gasteiger partial charge is 0.493 e. The molecule has 0 aliphatic rings. The van der Waals surface area contributed by atoms with Crippen molar-refractivity contribution >= 4 is 17.6 Å². The zero-order valence-corrected chi connectivity index (χ0v) is 15.5. The Morgan fingerprint density at radius 3 is 2.72 bits per heavy atom. The van der Waals surface area contributed by atoms with Gasteiger partial charge in [0.25, 0.3) is 5.89 Å². The number of hydrogen-bond donors (Lipinski definition) is 0. The number of aromatic nitrogens is 2. The number of nitrogens with zero attached hydrogens (tertiary/aromatic N) is 2. The first-order valence-electron chi connectivity index (χ1n) is 7.95. The number of benzene rings is 2. The van der Waals surface area contributed by atoms with Crippen molar-refractivity contribution in [2.75, 3.05) is 7.11 Å². The summed E-state index contributed by atoms with van der Waals surface area (Å²) in [5.41, 5.74) is 0.0438. The van der Waals surface area contributed by atoms with Crippen LogP contribution >= 0.6 is 11.6 Å². The number of rotatable bonds is 7. The van der Waals surface area contributed by atoms with E-state index in [4.69, 9.17) is 25.6 Å². The highest BCUT2D eigenvalue weighted by molar-refractivity contribution is 6.30. The van der Waals surface area contributed by atoms with E-state index in [1.807, 2.05) is 0 Å². The lowest BCUT2D eigenvalue weighted by molar-refractivity contribution is -0.0512. The number of carbonyl (C=O) groups is 1. The lowest BCUT2D eigenvalue weighted by Crippen LogP contribution is -2.07. The maximum atomic E-state index is 13.7. The molecule has 0 radical (unpaired) electrons. The molecule has 0 N–H and O–H groups in total. The predicted octanol–water partition coefficient (Wildman–Crippen LogP) is 4.50. The van der Waals surface area contributed by atoms with Crippen molar-refractivity contribution in [1.82, 2.24) is 10.1 Å². The van der Waals surface area contributed by atoms with E-state index < -0.39 is 25.0 Å². The summed E-state index contributed by atoms with van der Waals surface area (Å²) in [6.45, 7) is -3.42. The molecule has 0 fully saturated rings. The fourth-order valence-corrected chi connectivity index (χ4v) is 2.46. The normalized spacial score (nSPS) is 10.8. The van der Waals surface area contributed by atoms with Crippen LogP contribution in [0.2, 0.25) is 5.02 Å². The van der Waals surface area contributed by atoms with Gasteiger partial charge in [-0.3, -0.25) is 0 Å². The van der Waals surface area contributed by atoms with Crippen LogP contribution in [-0.4, -0.2) is 29.8 Å². The smallest absolute Gasteiger partial charge is 0.387 e. The number of halogens is 4. The second-order valence-corrected chi connectivity index (χ2v) is 5.89. The van der Waals surface area contributed by atoms with Crippen molar-refractivity contribution in [2.24, 2.45) is 0 Å². The molecule has 0 atom stereocenters. The van der Waals surface area contributed by atoms with Crippen LogP contribution in [0.25, 0.3) is 11.4 Å². The third-order valence-corrected chi connectivity index (χ3v) is 3.82. The van der Waals surface area contributed by atoms with Gasteiger partial charge in [0.1, 0.15) is 5.82 Å². The highest BCUT2D eigenvalue weighted by Crippen LogP contribution is 2.32. The Bertz CT molecular complexity index is 1030.